The summed E-state index contributed by atoms with van der Waals surface area (Å²) in [6, 6.07) is 0.518. The minimum Gasteiger partial charge on any atom is -0.355 e. The summed E-state index contributed by atoms with van der Waals surface area (Å²) in [4.78, 5) is 14.8. The molecule has 1 aromatic rings. The van der Waals surface area contributed by atoms with Crippen molar-refractivity contribution in [2.75, 3.05) is 47.3 Å². The van der Waals surface area contributed by atoms with Crippen LogP contribution >= 0.6 is 11.3 Å². The number of piperazine rings is 1. The first-order valence-electron chi connectivity index (χ1n) is 7.75. The maximum Gasteiger partial charge on any atom is 0.191 e. The largest absolute Gasteiger partial charge is 0.355 e. The molecule has 2 heterocycles. The molecule has 1 saturated heterocycles. The van der Waals surface area contributed by atoms with Gasteiger partial charge in [-0.2, -0.15) is 0 Å². The van der Waals surface area contributed by atoms with Crippen molar-refractivity contribution in [3.8, 4) is 0 Å². The van der Waals surface area contributed by atoms with Crippen molar-refractivity contribution in [2.45, 2.75) is 26.4 Å². The number of aryl methyl sites for hydroxylation is 2. The second kappa shape index (κ2) is 7.89. The summed E-state index contributed by atoms with van der Waals surface area (Å²) in [5.41, 5.74) is 1.11. The second-order valence-electron chi connectivity index (χ2n) is 5.94. The summed E-state index contributed by atoms with van der Waals surface area (Å²) in [6.45, 7) is 9.14. The van der Waals surface area contributed by atoms with Crippen LogP contribution in [0.4, 0.5) is 0 Å². The number of likely N-dealkylation sites (N-methyl/N-ethyl adjacent to an activating group) is 2. The van der Waals surface area contributed by atoms with Gasteiger partial charge >= 0.3 is 0 Å². The first kappa shape index (κ1) is 17.2. The van der Waals surface area contributed by atoms with E-state index in [1.165, 1.54) is 4.88 Å². The Hall–Kier alpha value is -1.18. The molecule has 0 saturated carbocycles. The number of nitrogens with one attached hydrogen (secondary N) is 2. The normalized spacial score (nSPS) is 21.1. The fraction of sp³-hybridized carbons (Fsp3) is 0.733. The number of guanidine groups is 1. The molecule has 0 radical (unpaired) electrons. The Morgan fingerprint density at radius 2 is 2.09 bits per heavy atom. The van der Waals surface area contributed by atoms with E-state index in [4.69, 9.17) is 0 Å². The highest BCUT2D eigenvalue weighted by Crippen LogP contribution is 2.16. The van der Waals surface area contributed by atoms with Gasteiger partial charge in [-0.05, 0) is 27.9 Å². The molecule has 1 aliphatic heterocycles. The molecule has 124 valence electrons. The number of thiazole rings is 1. The third kappa shape index (κ3) is 4.66. The summed E-state index contributed by atoms with van der Waals surface area (Å²) in [6.07, 6.45) is 0. The van der Waals surface area contributed by atoms with E-state index in [1.54, 1.807) is 11.3 Å². The fourth-order valence-corrected chi connectivity index (χ4v) is 3.54. The lowest BCUT2D eigenvalue weighted by molar-refractivity contribution is 0.116. The zero-order chi connectivity index (χ0) is 16.1. The molecule has 22 heavy (non-hydrogen) atoms. The van der Waals surface area contributed by atoms with Gasteiger partial charge in [-0.25, -0.2) is 4.98 Å². The van der Waals surface area contributed by atoms with Crippen LogP contribution in [0, 0.1) is 13.8 Å². The number of nitrogens with zero attached hydrogens (tertiary/aromatic N) is 4. The van der Waals surface area contributed by atoms with Gasteiger partial charge in [0.05, 0.1) is 17.2 Å². The molecule has 1 fully saturated rings. The van der Waals surface area contributed by atoms with Crippen LogP contribution < -0.4 is 10.6 Å². The summed E-state index contributed by atoms with van der Waals surface area (Å²) in [5, 5.41) is 7.94. The van der Waals surface area contributed by atoms with E-state index < -0.39 is 0 Å². The van der Waals surface area contributed by atoms with Gasteiger partial charge in [0, 0.05) is 44.1 Å². The van der Waals surface area contributed by atoms with Gasteiger partial charge in [-0.3, -0.25) is 9.89 Å². The third-order valence-electron chi connectivity index (χ3n) is 4.12. The van der Waals surface area contributed by atoms with Crippen LogP contribution in [0.5, 0.6) is 0 Å². The predicted octanol–water partition coefficient (Wildman–Crippen LogP) is 0.671. The molecule has 2 rings (SSSR count). The second-order valence-corrected chi connectivity index (χ2v) is 7.23. The Bertz CT molecular complexity index is 512. The van der Waals surface area contributed by atoms with Crippen LogP contribution in [0.15, 0.2) is 4.99 Å². The van der Waals surface area contributed by atoms with Crippen molar-refractivity contribution in [3.05, 3.63) is 15.6 Å². The average Bonchev–Trinajstić information content (AvgIpc) is 2.80. The maximum atomic E-state index is 4.46. The number of hydrogen-bond donors (Lipinski definition) is 2. The topological polar surface area (TPSA) is 55.8 Å². The van der Waals surface area contributed by atoms with Gasteiger partial charge in [0.25, 0.3) is 0 Å². The lowest BCUT2D eigenvalue weighted by Crippen LogP contribution is -2.55. The smallest absolute Gasteiger partial charge is 0.191 e. The van der Waals surface area contributed by atoms with Crippen molar-refractivity contribution in [3.63, 3.8) is 0 Å². The molecular weight excluding hydrogens is 296 g/mol. The lowest BCUT2D eigenvalue weighted by atomic mass is 10.2. The molecule has 0 aliphatic carbocycles. The maximum absolute atomic E-state index is 4.46. The Morgan fingerprint density at radius 3 is 2.73 bits per heavy atom. The molecule has 1 aliphatic rings. The Kier molecular flexibility index (Phi) is 6.16. The SMILES string of the molecule is CN=C(NCc1sc(C)nc1C)NCC1CN(C)CCN1C. The molecule has 1 aromatic heterocycles. The molecule has 0 amide bonds. The van der Waals surface area contributed by atoms with Crippen molar-refractivity contribution in [2.24, 2.45) is 4.99 Å². The van der Waals surface area contributed by atoms with Crippen LogP contribution in [-0.2, 0) is 6.54 Å². The molecule has 0 aromatic carbocycles. The average molecular weight is 324 g/mol. The first-order valence-corrected chi connectivity index (χ1v) is 8.57. The Labute approximate surface area is 137 Å². The Morgan fingerprint density at radius 1 is 1.32 bits per heavy atom. The van der Waals surface area contributed by atoms with Crippen LogP contribution in [0.1, 0.15) is 15.6 Å². The van der Waals surface area contributed by atoms with Crippen molar-refractivity contribution >= 4 is 17.3 Å². The lowest BCUT2D eigenvalue weighted by Gasteiger charge is -2.37. The third-order valence-corrected chi connectivity index (χ3v) is 5.20. The van der Waals surface area contributed by atoms with Crippen molar-refractivity contribution in [1.82, 2.24) is 25.4 Å². The number of aliphatic imine (C=N–C) groups is 1. The van der Waals surface area contributed by atoms with Gasteiger partial charge in [0.2, 0.25) is 0 Å². The van der Waals surface area contributed by atoms with Gasteiger partial charge in [0.15, 0.2) is 5.96 Å². The highest BCUT2D eigenvalue weighted by molar-refractivity contribution is 7.11. The number of aromatic nitrogens is 1. The predicted molar refractivity (Wildman–Crippen MR) is 93.7 cm³/mol. The summed E-state index contributed by atoms with van der Waals surface area (Å²) < 4.78 is 0. The molecule has 6 nitrogen and oxygen atoms in total. The number of hydrogen-bond acceptors (Lipinski definition) is 5. The van der Waals surface area contributed by atoms with Crippen LogP contribution in [0.25, 0.3) is 0 Å². The fourth-order valence-electron chi connectivity index (χ4n) is 2.66. The molecule has 1 atom stereocenters. The van der Waals surface area contributed by atoms with E-state index >= 15 is 0 Å². The molecular formula is C15H28N6S. The molecule has 1 unspecified atom stereocenters. The van der Waals surface area contributed by atoms with Gasteiger partial charge in [-0.15, -0.1) is 11.3 Å². The van der Waals surface area contributed by atoms with Crippen molar-refractivity contribution < 1.29 is 0 Å². The van der Waals surface area contributed by atoms with E-state index in [0.717, 1.165) is 49.4 Å². The van der Waals surface area contributed by atoms with Gasteiger partial charge < -0.3 is 15.5 Å². The van der Waals surface area contributed by atoms with Crippen LogP contribution in [-0.4, -0.2) is 74.1 Å². The molecule has 7 heteroatoms. The molecule has 0 spiro atoms. The van der Waals surface area contributed by atoms with Gasteiger partial charge in [-0.1, -0.05) is 0 Å². The standard InChI is InChI=1S/C15H28N6S/c1-11-14(22-12(2)19-11)9-18-15(16-3)17-8-13-10-20(4)6-7-21(13)5/h13H,6-10H2,1-5H3,(H2,16,17,18). The minimum absolute atomic E-state index is 0.518. The van der Waals surface area contributed by atoms with Crippen molar-refractivity contribution in [1.29, 1.82) is 0 Å². The summed E-state index contributed by atoms with van der Waals surface area (Å²) in [5.74, 6) is 0.854. The first-order chi connectivity index (χ1) is 10.5. The highest BCUT2D eigenvalue weighted by atomic mass is 32.1. The van der Waals surface area contributed by atoms with E-state index in [0.29, 0.717) is 6.04 Å². The minimum atomic E-state index is 0.518. The zero-order valence-corrected chi connectivity index (χ0v) is 15.1. The summed E-state index contributed by atoms with van der Waals surface area (Å²) >= 11 is 1.74. The highest BCUT2D eigenvalue weighted by Gasteiger charge is 2.22. The van der Waals surface area contributed by atoms with E-state index in [-0.39, 0.29) is 0 Å². The molecule has 2 N–H and O–H groups in total. The monoisotopic (exact) mass is 324 g/mol. The quantitative estimate of drug-likeness (QED) is 0.630. The van der Waals surface area contributed by atoms with Gasteiger partial charge in [0.1, 0.15) is 0 Å². The zero-order valence-electron chi connectivity index (χ0n) is 14.3. The van der Waals surface area contributed by atoms with Crippen LogP contribution in [0.2, 0.25) is 0 Å². The Balaban J connectivity index is 1.81. The molecule has 0 bridgehead atoms. The van der Waals surface area contributed by atoms with E-state index in [1.807, 2.05) is 14.0 Å². The van der Waals surface area contributed by atoms with Crippen LogP contribution in [0.3, 0.4) is 0 Å². The van der Waals surface area contributed by atoms with E-state index in [9.17, 15) is 0 Å². The summed E-state index contributed by atoms with van der Waals surface area (Å²) in [7, 11) is 6.19. The van der Waals surface area contributed by atoms with E-state index in [2.05, 4.69) is 51.4 Å². The number of rotatable bonds is 4.